The topological polar surface area (TPSA) is 0 Å². The van der Waals surface area contributed by atoms with Crippen molar-refractivity contribution < 1.29 is 0 Å². The maximum Gasteiger partial charge on any atom is -0.0351 e. The molecule has 0 aliphatic heterocycles. The molecule has 0 aromatic heterocycles. The minimum atomic E-state index is 0.533. The molecule has 0 saturated heterocycles. The summed E-state index contributed by atoms with van der Waals surface area (Å²) in [7, 11) is 0. The summed E-state index contributed by atoms with van der Waals surface area (Å²) in [6.45, 7) is 9.10. The summed E-state index contributed by atoms with van der Waals surface area (Å²) >= 11 is 0. The maximum atomic E-state index is 2.33. The fourth-order valence-electron chi connectivity index (χ4n) is 1.61. The first-order chi connectivity index (χ1) is 6.56. The van der Waals surface area contributed by atoms with Crippen LogP contribution in [0.1, 0.15) is 72.6 Å². The van der Waals surface area contributed by atoms with E-state index >= 15 is 0 Å². The SMILES string of the molecule is C/C=C\CCCCCCCC(C)(C)C. The van der Waals surface area contributed by atoms with E-state index in [-0.39, 0.29) is 0 Å². The summed E-state index contributed by atoms with van der Waals surface area (Å²) in [6.07, 6.45) is 14.1. The molecule has 0 heterocycles. The quantitative estimate of drug-likeness (QED) is 0.381. The number of allylic oxidation sites excluding steroid dienone is 2. The molecule has 0 saturated carbocycles. The molecule has 0 aromatic rings. The van der Waals surface area contributed by atoms with Crippen molar-refractivity contribution in [3.63, 3.8) is 0 Å². The molecule has 0 aliphatic carbocycles. The van der Waals surface area contributed by atoms with Gasteiger partial charge in [-0.15, -0.1) is 0 Å². The molecule has 0 amide bonds. The van der Waals surface area contributed by atoms with Crippen molar-refractivity contribution in [2.24, 2.45) is 5.41 Å². The Morgan fingerprint density at radius 1 is 0.857 bits per heavy atom. The lowest BCUT2D eigenvalue weighted by Gasteiger charge is -2.17. The first kappa shape index (κ1) is 13.7. The third-order valence-electron chi connectivity index (χ3n) is 2.53. The average molecular weight is 196 g/mol. The second-order valence-electron chi connectivity index (χ2n) is 5.44. The van der Waals surface area contributed by atoms with Crippen molar-refractivity contribution in [2.45, 2.75) is 72.6 Å². The fraction of sp³-hybridized carbons (Fsp3) is 0.857. The van der Waals surface area contributed by atoms with Crippen LogP contribution in [0.15, 0.2) is 12.2 Å². The predicted molar refractivity (Wildman–Crippen MR) is 66.6 cm³/mol. The van der Waals surface area contributed by atoms with Crippen LogP contribution in [0.25, 0.3) is 0 Å². The molecule has 0 unspecified atom stereocenters. The fourth-order valence-corrected chi connectivity index (χ4v) is 1.61. The maximum absolute atomic E-state index is 2.33. The van der Waals surface area contributed by atoms with Gasteiger partial charge in [0.05, 0.1) is 0 Å². The summed E-state index contributed by atoms with van der Waals surface area (Å²) < 4.78 is 0. The molecule has 0 aromatic carbocycles. The largest absolute Gasteiger partial charge is 0.0917 e. The second-order valence-corrected chi connectivity index (χ2v) is 5.44. The summed E-state index contributed by atoms with van der Waals surface area (Å²) in [5.74, 6) is 0. The average Bonchev–Trinajstić information content (AvgIpc) is 2.08. The highest BCUT2D eigenvalue weighted by Crippen LogP contribution is 2.22. The molecule has 0 atom stereocenters. The Hall–Kier alpha value is -0.260. The van der Waals surface area contributed by atoms with Gasteiger partial charge in [-0.1, -0.05) is 58.6 Å². The van der Waals surface area contributed by atoms with Gasteiger partial charge in [-0.25, -0.2) is 0 Å². The first-order valence-electron chi connectivity index (χ1n) is 6.17. The minimum Gasteiger partial charge on any atom is -0.0917 e. The van der Waals surface area contributed by atoms with Crippen LogP contribution in [0.4, 0.5) is 0 Å². The molecule has 0 nitrogen and oxygen atoms in total. The van der Waals surface area contributed by atoms with Crippen LogP contribution in [0.3, 0.4) is 0 Å². The van der Waals surface area contributed by atoms with E-state index in [2.05, 4.69) is 39.8 Å². The zero-order valence-electron chi connectivity index (χ0n) is 10.6. The van der Waals surface area contributed by atoms with E-state index in [4.69, 9.17) is 0 Å². The summed E-state index contributed by atoms with van der Waals surface area (Å²) in [6, 6.07) is 0. The van der Waals surface area contributed by atoms with Gasteiger partial charge in [-0.3, -0.25) is 0 Å². The standard InChI is InChI=1S/C14H28/c1-5-6-7-8-9-10-11-12-13-14(2,3)4/h5-6H,7-13H2,1-4H3/b6-5-. The van der Waals surface area contributed by atoms with Crippen LogP contribution < -0.4 is 0 Å². The highest BCUT2D eigenvalue weighted by Gasteiger charge is 2.08. The van der Waals surface area contributed by atoms with Gasteiger partial charge in [0.15, 0.2) is 0 Å². The monoisotopic (exact) mass is 196 g/mol. The molecule has 0 bridgehead atoms. The molecule has 0 radical (unpaired) electrons. The van der Waals surface area contributed by atoms with Crippen LogP contribution in [-0.4, -0.2) is 0 Å². The van der Waals surface area contributed by atoms with Crippen LogP contribution in [-0.2, 0) is 0 Å². The molecule has 0 spiro atoms. The molecule has 0 aliphatic rings. The Morgan fingerprint density at radius 3 is 2.00 bits per heavy atom. The van der Waals surface area contributed by atoms with Gasteiger partial charge >= 0.3 is 0 Å². The van der Waals surface area contributed by atoms with E-state index < -0.39 is 0 Å². The van der Waals surface area contributed by atoms with Gasteiger partial charge in [0.2, 0.25) is 0 Å². The summed E-state index contributed by atoms with van der Waals surface area (Å²) in [5.41, 5.74) is 0.533. The van der Waals surface area contributed by atoms with Crippen molar-refractivity contribution in [3.05, 3.63) is 12.2 Å². The van der Waals surface area contributed by atoms with Gasteiger partial charge in [-0.05, 0) is 31.6 Å². The van der Waals surface area contributed by atoms with Crippen LogP contribution in [0.2, 0.25) is 0 Å². The molecule has 0 rings (SSSR count). The number of hydrogen-bond donors (Lipinski definition) is 0. The van der Waals surface area contributed by atoms with E-state index in [9.17, 15) is 0 Å². The molecule has 84 valence electrons. The van der Waals surface area contributed by atoms with Crippen molar-refractivity contribution in [1.82, 2.24) is 0 Å². The van der Waals surface area contributed by atoms with Crippen LogP contribution >= 0.6 is 0 Å². The van der Waals surface area contributed by atoms with Crippen molar-refractivity contribution in [2.75, 3.05) is 0 Å². The number of hydrogen-bond acceptors (Lipinski definition) is 0. The van der Waals surface area contributed by atoms with Crippen molar-refractivity contribution in [1.29, 1.82) is 0 Å². The highest BCUT2D eigenvalue weighted by molar-refractivity contribution is 4.76. The number of unbranched alkanes of at least 4 members (excludes halogenated alkanes) is 5. The minimum absolute atomic E-state index is 0.533. The van der Waals surface area contributed by atoms with Gasteiger partial charge < -0.3 is 0 Å². The normalized spacial score (nSPS) is 12.6. The molecular weight excluding hydrogens is 168 g/mol. The Morgan fingerprint density at radius 2 is 1.43 bits per heavy atom. The number of rotatable bonds is 7. The zero-order chi connectivity index (χ0) is 10.9. The van der Waals surface area contributed by atoms with E-state index in [1.54, 1.807) is 0 Å². The van der Waals surface area contributed by atoms with Gasteiger partial charge in [0.25, 0.3) is 0 Å². The molecule has 0 fully saturated rings. The Kier molecular flexibility index (Phi) is 7.93. The molecule has 14 heavy (non-hydrogen) atoms. The van der Waals surface area contributed by atoms with Crippen molar-refractivity contribution in [3.8, 4) is 0 Å². The lowest BCUT2D eigenvalue weighted by atomic mass is 9.89. The molecule has 0 N–H and O–H groups in total. The van der Waals surface area contributed by atoms with E-state index in [1.165, 1.54) is 44.9 Å². The Labute approximate surface area is 90.8 Å². The summed E-state index contributed by atoms with van der Waals surface area (Å²) in [5, 5.41) is 0. The van der Waals surface area contributed by atoms with E-state index in [1.807, 2.05) is 0 Å². The predicted octanol–water partition coefficient (Wildman–Crippen LogP) is 5.34. The zero-order valence-corrected chi connectivity index (χ0v) is 10.6. The van der Waals surface area contributed by atoms with Crippen molar-refractivity contribution >= 4 is 0 Å². The molecule has 0 heteroatoms. The lowest BCUT2D eigenvalue weighted by molar-refractivity contribution is 0.356. The van der Waals surface area contributed by atoms with Crippen LogP contribution in [0, 0.1) is 5.41 Å². The summed E-state index contributed by atoms with van der Waals surface area (Å²) in [4.78, 5) is 0. The molecular formula is C14H28. The van der Waals surface area contributed by atoms with E-state index in [0.29, 0.717) is 5.41 Å². The third-order valence-corrected chi connectivity index (χ3v) is 2.53. The van der Waals surface area contributed by atoms with Crippen LogP contribution in [0.5, 0.6) is 0 Å². The van der Waals surface area contributed by atoms with E-state index in [0.717, 1.165) is 0 Å². The smallest absolute Gasteiger partial charge is 0.0351 e. The van der Waals surface area contributed by atoms with Gasteiger partial charge in [0, 0.05) is 0 Å². The first-order valence-corrected chi connectivity index (χ1v) is 6.17. The van der Waals surface area contributed by atoms with Gasteiger partial charge in [0.1, 0.15) is 0 Å². The Bertz CT molecular complexity index is 137. The Balaban J connectivity index is 3.07. The second kappa shape index (κ2) is 8.08. The third kappa shape index (κ3) is 11.7. The van der Waals surface area contributed by atoms with Gasteiger partial charge in [-0.2, -0.15) is 0 Å². The highest BCUT2D eigenvalue weighted by atomic mass is 14.1. The lowest BCUT2D eigenvalue weighted by Crippen LogP contribution is -2.03.